The van der Waals surface area contributed by atoms with Gasteiger partial charge in [0, 0.05) is 0 Å². The summed E-state index contributed by atoms with van der Waals surface area (Å²) in [5, 5.41) is 7.08. The molecule has 1 heterocycles. The quantitative estimate of drug-likeness (QED) is 0.774. The smallest absolute Gasteiger partial charge is 0.296 e. The van der Waals surface area contributed by atoms with Gasteiger partial charge in [0.05, 0.1) is 16.9 Å². The number of rotatable bonds is 2. The van der Waals surface area contributed by atoms with Gasteiger partial charge in [-0.15, -0.1) is 5.10 Å². The van der Waals surface area contributed by atoms with Crippen LogP contribution in [0.4, 0.5) is 13.2 Å². The fourth-order valence-corrected chi connectivity index (χ4v) is 1.58. The zero-order chi connectivity index (χ0) is 13.3. The lowest BCUT2D eigenvalue weighted by Gasteiger charge is -2.12. The highest BCUT2D eigenvalue weighted by Gasteiger charge is 2.34. The van der Waals surface area contributed by atoms with Crippen LogP contribution in [0.1, 0.15) is 21.7 Å². The van der Waals surface area contributed by atoms with Gasteiger partial charge in [-0.25, -0.2) is 4.68 Å². The van der Waals surface area contributed by atoms with Gasteiger partial charge < -0.3 is 0 Å². The Hall–Kier alpha value is -2.18. The number of halogens is 3. The number of hydrogen-bond acceptors (Lipinski definition) is 3. The lowest BCUT2D eigenvalue weighted by molar-refractivity contribution is -0.137. The molecule has 2 rings (SSSR count). The van der Waals surface area contributed by atoms with Gasteiger partial charge in [-0.1, -0.05) is 17.3 Å². The van der Waals surface area contributed by atoms with Crippen molar-refractivity contribution < 1.29 is 18.0 Å². The van der Waals surface area contributed by atoms with Crippen LogP contribution in [0, 0.1) is 6.92 Å². The third-order valence-corrected chi connectivity index (χ3v) is 2.48. The predicted octanol–water partition coefficient (Wildman–Crippen LogP) is 2.41. The van der Waals surface area contributed by atoms with E-state index >= 15 is 0 Å². The maximum Gasteiger partial charge on any atom is 0.418 e. The van der Waals surface area contributed by atoms with Crippen molar-refractivity contribution in [2.24, 2.45) is 0 Å². The number of aldehydes is 1. The Balaban J connectivity index is 2.64. The minimum Gasteiger partial charge on any atom is -0.296 e. The van der Waals surface area contributed by atoms with Crippen molar-refractivity contribution in [2.45, 2.75) is 13.1 Å². The molecule has 1 aromatic heterocycles. The molecule has 94 valence electrons. The highest BCUT2D eigenvalue weighted by Crippen LogP contribution is 2.33. The van der Waals surface area contributed by atoms with Crippen molar-refractivity contribution in [1.29, 1.82) is 0 Å². The van der Waals surface area contributed by atoms with Crippen molar-refractivity contribution in [3.05, 3.63) is 41.2 Å². The molecule has 0 saturated heterocycles. The summed E-state index contributed by atoms with van der Waals surface area (Å²) in [5.74, 6) is 0. The molecule has 18 heavy (non-hydrogen) atoms. The Kier molecular flexibility index (Phi) is 2.90. The zero-order valence-electron chi connectivity index (χ0n) is 9.27. The van der Waals surface area contributed by atoms with Crippen LogP contribution in [0.2, 0.25) is 0 Å². The summed E-state index contributed by atoms with van der Waals surface area (Å²) in [5.41, 5.74) is -0.688. The Labute approximate surface area is 100 Å². The average molecular weight is 255 g/mol. The molecule has 1 aromatic carbocycles. The van der Waals surface area contributed by atoms with Crippen molar-refractivity contribution in [2.75, 3.05) is 0 Å². The van der Waals surface area contributed by atoms with E-state index in [9.17, 15) is 18.0 Å². The molecule has 0 aliphatic carbocycles. The zero-order valence-corrected chi connectivity index (χ0v) is 9.27. The van der Waals surface area contributed by atoms with Crippen molar-refractivity contribution in [3.8, 4) is 5.69 Å². The first-order valence-electron chi connectivity index (χ1n) is 4.99. The Morgan fingerprint density at radius 3 is 2.50 bits per heavy atom. The van der Waals surface area contributed by atoms with E-state index in [-0.39, 0.29) is 17.1 Å². The lowest BCUT2D eigenvalue weighted by Crippen LogP contribution is -2.12. The van der Waals surface area contributed by atoms with E-state index < -0.39 is 11.7 Å². The number of alkyl halides is 3. The van der Waals surface area contributed by atoms with Crippen LogP contribution >= 0.6 is 0 Å². The third-order valence-electron chi connectivity index (χ3n) is 2.48. The number of para-hydroxylation sites is 1. The molecule has 0 N–H and O–H groups in total. The molecule has 0 saturated carbocycles. The first-order valence-corrected chi connectivity index (χ1v) is 4.99. The van der Waals surface area contributed by atoms with Gasteiger partial charge in [0.15, 0.2) is 6.29 Å². The minimum atomic E-state index is -4.49. The molecule has 0 unspecified atom stereocenters. The normalized spacial score (nSPS) is 11.6. The van der Waals surface area contributed by atoms with Crippen LogP contribution in [0.3, 0.4) is 0 Å². The number of hydrogen-bond donors (Lipinski definition) is 0. The Morgan fingerprint density at radius 1 is 1.28 bits per heavy atom. The molecular weight excluding hydrogens is 247 g/mol. The van der Waals surface area contributed by atoms with Gasteiger partial charge in [0.2, 0.25) is 0 Å². The molecule has 0 amide bonds. The van der Waals surface area contributed by atoms with Gasteiger partial charge in [0.1, 0.15) is 5.69 Å². The number of carbonyl (C=O) groups is 1. The summed E-state index contributed by atoms with van der Waals surface area (Å²) < 4.78 is 39.5. The van der Waals surface area contributed by atoms with E-state index in [1.54, 1.807) is 0 Å². The minimum absolute atomic E-state index is 0.0203. The topological polar surface area (TPSA) is 47.8 Å². The molecule has 4 nitrogen and oxygen atoms in total. The number of aromatic nitrogens is 3. The van der Waals surface area contributed by atoms with Crippen LogP contribution in [0.25, 0.3) is 5.69 Å². The molecule has 0 atom stereocenters. The van der Waals surface area contributed by atoms with E-state index in [4.69, 9.17) is 0 Å². The van der Waals surface area contributed by atoms with Crippen molar-refractivity contribution in [1.82, 2.24) is 15.0 Å². The van der Waals surface area contributed by atoms with E-state index in [0.29, 0.717) is 6.29 Å². The van der Waals surface area contributed by atoms with Gasteiger partial charge in [-0.3, -0.25) is 4.79 Å². The Morgan fingerprint density at radius 2 is 1.94 bits per heavy atom. The molecule has 0 fully saturated rings. The van der Waals surface area contributed by atoms with Gasteiger partial charge in [-0.05, 0) is 19.1 Å². The van der Waals surface area contributed by atoms with Gasteiger partial charge in [-0.2, -0.15) is 13.2 Å². The van der Waals surface area contributed by atoms with E-state index in [2.05, 4.69) is 10.3 Å². The van der Waals surface area contributed by atoms with E-state index in [1.165, 1.54) is 25.1 Å². The fourth-order valence-electron chi connectivity index (χ4n) is 1.58. The average Bonchev–Trinajstić information content (AvgIpc) is 2.69. The standard InChI is InChI=1S/C11H8F3N3O/c1-7-9(6-18)15-16-17(7)10-5-3-2-4-8(10)11(12,13)14/h2-6H,1H3. The molecule has 2 aromatic rings. The summed E-state index contributed by atoms with van der Waals surface area (Å²) in [6.45, 7) is 1.48. The van der Waals surface area contributed by atoms with Crippen LogP contribution < -0.4 is 0 Å². The van der Waals surface area contributed by atoms with Gasteiger partial charge >= 0.3 is 6.18 Å². The molecule has 0 aliphatic heterocycles. The van der Waals surface area contributed by atoms with E-state index in [1.807, 2.05) is 0 Å². The SMILES string of the molecule is Cc1c(C=O)nnn1-c1ccccc1C(F)(F)F. The molecule has 0 bridgehead atoms. The summed E-state index contributed by atoms with van der Waals surface area (Å²) >= 11 is 0. The van der Waals surface area contributed by atoms with Crippen LogP contribution in [0.15, 0.2) is 24.3 Å². The largest absolute Gasteiger partial charge is 0.418 e. The van der Waals surface area contributed by atoms with Gasteiger partial charge in [0.25, 0.3) is 0 Å². The fraction of sp³-hybridized carbons (Fsp3) is 0.182. The second-order valence-corrected chi connectivity index (χ2v) is 3.60. The second-order valence-electron chi connectivity index (χ2n) is 3.60. The predicted molar refractivity (Wildman–Crippen MR) is 56.5 cm³/mol. The molecule has 0 radical (unpaired) electrons. The summed E-state index contributed by atoms with van der Waals surface area (Å²) in [6.07, 6.45) is -4.04. The molecule has 0 spiro atoms. The van der Waals surface area contributed by atoms with E-state index in [0.717, 1.165) is 10.7 Å². The monoisotopic (exact) mass is 255 g/mol. The highest BCUT2D eigenvalue weighted by atomic mass is 19.4. The van der Waals surface area contributed by atoms with Crippen molar-refractivity contribution in [3.63, 3.8) is 0 Å². The maximum absolute atomic E-state index is 12.8. The summed E-state index contributed by atoms with van der Waals surface area (Å²) in [6, 6.07) is 4.99. The number of nitrogens with zero attached hydrogens (tertiary/aromatic N) is 3. The lowest BCUT2D eigenvalue weighted by atomic mass is 10.1. The maximum atomic E-state index is 12.8. The second kappa shape index (κ2) is 4.25. The summed E-state index contributed by atoms with van der Waals surface area (Å²) in [4.78, 5) is 10.6. The molecule has 0 aliphatic rings. The van der Waals surface area contributed by atoms with Crippen molar-refractivity contribution >= 4 is 6.29 Å². The first-order chi connectivity index (χ1) is 8.45. The molecular formula is C11H8F3N3O. The third kappa shape index (κ3) is 1.99. The molecule has 7 heteroatoms. The van der Waals surface area contributed by atoms with Crippen LogP contribution in [-0.4, -0.2) is 21.3 Å². The van der Waals surface area contributed by atoms with Crippen LogP contribution in [0.5, 0.6) is 0 Å². The van der Waals surface area contributed by atoms with Crippen LogP contribution in [-0.2, 0) is 6.18 Å². The summed E-state index contributed by atoms with van der Waals surface area (Å²) in [7, 11) is 0. The Bertz CT molecular complexity index is 589. The first kappa shape index (κ1) is 12.3. The highest BCUT2D eigenvalue weighted by molar-refractivity contribution is 5.73. The number of carbonyl (C=O) groups excluding carboxylic acids is 1. The number of benzene rings is 1.